The van der Waals surface area contributed by atoms with Gasteiger partial charge in [-0.1, -0.05) is 26.8 Å². The van der Waals surface area contributed by atoms with Gasteiger partial charge in [0.25, 0.3) is 0 Å². The van der Waals surface area contributed by atoms with E-state index in [1.165, 1.54) is 11.1 Å². The Bertz CT molecular complexity index is 415. The molecule has 1 aromatic rings. The molecule has 1 heteroatoms. The number of Topliss-reactive ketones (excluding diaryl/α,β-unsaturated/α-hetero) is 1. The van der Waals surface area contributed by atoms with E-state index in [1.54, 1.807) is 0 Å². The van der Waals surface area contributed by atoms with E-state index in [4.69, 9.17) is 0 Å². The second-order valence-corrected chi connectivity index (χ2v) is 5.53. The molecule has 0 radical (unpaired) electrons. The summed E-state index contributed by atoms with van der Waals surface area (Å²) in [5, 5.41) is 0. The van der Waals surface area contributed by atoms with Gasteiger partial charge in [0.05, 0.1) is 0 Å². The topological polar surface area (TPSA) is 17.1 Å². The van der Waals surface area contributed by atoms with Crippen LogP contribution in [-0.4, -0.2) is 5.78 Å². The highest BCUT2D eigenvalue weighted by atomic mass is 16.1. The molecule has 0 aliphatic rings. The number of rotatable bonds is 3. The van der Waals surface area contributed by atoms with Crippen LogP contribution in [0.2, 0.25) is 0 Å². The normalized spacial score (nSPS) is 12.9. The molecular formula is C16H24O. The number of ketones is 1. The van der Waals surface area contributed by atoms with E-state index in [0.29, 0.717) is 11.7 Å². The Morgan fingerprint density at radius 1 is 0.941 bits per heavy atom. The first-order chi connectivity index (χ1) is 7.77. The Labute approximate surface area is 105 Å². The summed E-state index contributed by atoms with van der Waals surface area (Å²) in [6, 6.07) is 2.17. The fourth-order valence-corrected chi connectivity index (χ4v) is 2.12. The van der Waals surface area contributed by atoms with Crippen LogP contribution >= 0.6 is 0 Å². The summed E-state index contributed by atoms with van der Waals surface area (Å²) in [6.07, 6.45) is 0. The maximum absolute atomic E-state index is 12.5. The molecule has 0 amide bonds. The zero-order valence-corrected chi connectivity index (χ0v) is 12.1. The van der Waals surface area contributed by atoms with Crippen LogP contribution in [0.25, 0.3) is 0 Å². The third kappa shape index (κ3) is 2.59. The highest BCUT2D eigenvalue weighted by Gasteiger charge is 2.23. The molecule has 0 aliphatic carbocycles. The predicted molar refractivity (Wildman–Crippen MR) is 73.7 cm³/mol. The minimum atomic E-state index is 0.0913. The monoisotopic (exact) mass is 232 g/mol. The second kappa shape index (κ2) is 5.03. The van der Waals surface area contributed by atoms with E-state index < -0.39 is 0 Å². The highest BCUT2D eigenvalue weighted by molar-refractivity contribution is 6.01. The Morgan fingerprint density at radius 2 is 1.35 bits per heavy atom. The van der Waals surface area contributed by atoms with Gasteiger partial charge < -0.3 is 0 Å². The first-order valence-corrected chi connectivity index (χ1v) is 6.39. The van der Waals surface area contributed by atoms with Crippen molar-refractivity contribution in [2.75, 3.05) is 0 Å². The molecule has 1 nitrogen and oxygen atoms in total. The number of carbonyl (C=O) groups is 1. The van der Waals surface area contributed by atoms with Crippen LogP contribution in [0, 0.1) is 39.5 Å². The lowest BCUT2D eigenvalue weighted by atomic mass is 9.83. The van der Waals surface area contributed by atoms with Gasteiger partial charge in [-0.05, 0) is 55.9 Å². The lowest BCUT2D eigenvalue weighted by Gasteiger charge is -2.20. The SMILES string of the molecule is Cc1cc(C)c(C)c(C(=O)C(C)C(C)C)c1C. The summed E-state index contributed by atoms with van der Waals surface area (Å²) >= 11 is 0. The Kier molecular flexibility index (Phi) is 4.13. The zero-order chi connectivity index (χ0) is 13.3. The molecule has 1 unspecified atom stereocenters. The van der Waals surface area contributed by atoms with Crippen LogP contribution in [0.15, 0.2) is 6.07 Å². The van der Waals surface area contributed by atoms with Gasteiger partial charge in [-0.2, -0.15) is 0 Å². The average molecular weight is 232 g/mol. The van der Waals surface area contributed by atoms with Gasteiger partial charge in [0.15, 0.2) is 5.78 Å². The standard InChI is InChI=1S/C16H24O/c1-9(2)12(5)16(17)15-13(6)10(3)8-11(4)14(15)7/h8-9,12H,1-7H3. The van der Waals surface area contributed by atoms with Gasteiger partial charge in [0.2, 0.25) is 0 Å². The molecule has 17 heavy (non-hydrogen) atoms. The molecule has 0 bridgehead atoms. The van der Waals surface area contributed by atoms with Crippen molar-refractivity contribution >= 4 is 5.78 Å². The summed E-state index contributed by atoms with van der Waals surface area (Å²) in [5.41, 5.74) is 5.67. The van der Waals surface area contributed by atoms with Gasteiger partial charge in [-0.25, -0.2) is 0 Å². The van der Waals surface area contributed by atoms with Crippen molar-refractivity contribution in [2.45, 2.75) is 48.5 Å². The summed E-state index contributed by atoms with van der Waals surface area (Å²) < 4.78 is 0. The molecule has 0 spiro atoms. The van der Waals surface area contributed by atoms with E-state index in [1.807, 2.05) is 6.92 Å². The van der Waals surface area contributed by atoms with E-state index in [0.717, 1.165) is 16.7 Å². The smallest absolute Gasteiger partial charge is 0.166 e. The van der Waals surface area contributed by atoms with E-state index in [9.17, 15) is 4.79 Å². The van der Waals surface area contributed by atoms with Crippen LogP contribution in [0.4, 0.5) is 0 Å². The van der Waals surface area contributed by atoms with Crippen molar-refractivity contribution in [1.29, 1.82) is 0 Å². The number of hydrogen-bond donors (Lipinski definition) is 0. The number of carbonyl (C=O) groups excluding carboxylic acids is 1. The molecule has 0 saturated heterocycles. The van der Waals surface area contributed by atoms with Gasteiger partial charge in [-0.3, -0.25) is 4.79 Å². The van der Waals surface area contributed by atoms with Crippen LogP contribution in [0.1, 0.15) is 53.4 Å². The molecule has 0 aliphatic heterocycles. The quantitative estimate of drug-likeness (QED) is 0.706. The van der Waals surface area contributed by atoms with Crippen molar-refractivity contribution in [2.24, 2.45) is 11.8 Å². The average Bonchev–Trinajstić information content (AvgIpc) is 2.25. The maximum Gasteiger partial charge on any atom is 0.166 e. The van der Waals surface area contributed by atoms with E-state index >= 15 is 0 Å². The number of aryl methyl sites for hydroxylation is 2. The molecule has 1 atom stereocenters. The van der Waals surface area contributed by atoms with E-state index in [-0.39, 0.29) is 5.92 Å². The molecule has 1 rings (SSSR count). The lowest BCUT2D eigenvalue weighted by Crippen LogP contribution is -2.20. The van der Waals surface area contributed by atoms with Crippen molar-refractivity contribution in [3.63, 3.8) is 0 Å². The van der Waals surface area contributed by atoms with E-state index in [2.05, 4.69) is 47.6 Å². The largest absolute Gasteiger partial charge is 0.294 e. The van der Waals surface area contributed by atoms with Gasteiger partial charge in [0, 0.05) is 11.5 Å². The minimum absolute atomic E-state index is 0.0913. The number of benzene rings is 1. The fraction of sp³-hybridized carbons (Fsp3) is 0.562. The predicted octanol–water partition coefficient (Wildman–Crippen LogP) is 4.40. The van der Waals surface area contributed by atoms with Crippen LogP contribution in [0.5, 0.6) is 0 Å². The highest BCUT2D eigenvalue weighted by Crippen LogP contribution is 2.26. The summed E-state index contributed by atoms with van der Waals surface area (Å²) in [4.78, 5) is 12.5. The van der Waals surface area contributed by atoms with Crippen molar-refractivity contribution < 1.29 is 4.79 Å². The van der Waals surface area contributed by atoms with Gasteiger partial charge in [0.1, 0.15) is 0 Å². The van der Waals surface area contributed by atoms with Gasteiger partial charge >= 0.3 is 0 Å². The number of hydrogen-bond acceptors (Lipinski definition) is 1. The molecule has 0 heterocycles. The van der Waals surface area contributed by atoms with Crippen molar-refractivity contribution in [3.05, 3.63) is 33.9 Å². The Hall–Kier alpha value is -1.11. The summed E-state index contributed by atoms with van der Waals surface area (Å²) in [7, 11) is 0. The zero-order valence-electron chi connectivity index (χ0n) is 12.1. The third-order valence-corrected chi connectivity index (χ3v) is 4.03. The molecule has 0 fully saturated rings. The summed E-state index contributed by atoms with van der Waals surface area (Å²) in [6.45, 7) is 14.5. The molecule has 1 aromatic carbocycles. The van der Waals surface area contributed by atoms with Crippen LogP contribution < -0.4 is 0 Å². The fourth-order valence-electron chi connectivity index (χ4n) is 2.12. The third-order valence-electron chi connectivity index (χ3n) is 4.03. The second-order valence-electron chi connectivity index (χ2n) is 5.53. The van der Waals surface area contributed by atoms with Crippen molar-refractivity contribution in [3.8, 4) is 0 Å². The van der Waals surface area contributed by atoms with Crippen molar-refractivity contribution in [1.82, 2.24) is 0 Å². The minimum Gasteiger partial charge on any atom is -0.294 e. The Morgan fingerprint density at radius 3 is 1.71 bits per heavy atom. The first-order valence-electron chi connectivity index (χ1n) is 6.39. The molecule has 0 aromatic heterocycles. The lowest BCUT2D eigenvalue weighted by molar-refractivity contribution is 0.0898. The Balaban J connectivity index is 3.36. The first kappa shape index (κ1) is 14.0. The molecule has 0 N–H and O–H groups in total. The summed E-state index contributed by atoms with van der Waals surface area (Å²) in [5.74, 6) is 0.775. The van der Waals surface area contributed by atoms with Crippen LogP contribution in [-0.2, 0) is 0 Å². The molecule has 94 valence electrons. The molecular weight excluding hydrogens is 208 g/mol. The van der Waals surface area contributed by atoms with Gasteiger partial charge in [-0.15, -0.1) is 0 Å². The maximum atomic E-state index is 12.5. The molecule has 0 saturated carbocycles. The van der Waals surface area contributed by atoms with Crippen LogP contribution in [0.3, 0.4) is 0 Å².